The second kappa shape index (κ2) is 9.96. The summed E-state index contributed by atoms with van der Waals surface area (Å²) in [5.41, 5.74) is 2.87. The average molecular weight is 362 g/mol. The van der Waals surface area contributed by atoms with Crippen LogP contribution in [0.4, 0.5) is 0 Å². The molecule has 1 unspecified atom stereocenters. The summed E-state index contributed by atoms with van der Waals surface area (Å²) in [5.74, 6) is 1.60. The van der Waals surface area contributed by atoms with Gasteiger partial charge in [0.1, 0.15) is 0 Å². The molecule has 1 heterocycles. The molecule has 0 aromatic heterocycles. The summed E-state index contributed by atoms with van der Waals surface area (Å²) in [6.07, 6.45) is 8.67. The van der Waals surface area contributed by atoms with Gasteiger partial charge >= 0.3 is 0 Å². The Balaban J connectivity index is 2.13. The highest BCUT2D eigenvalue weighted by Gasteiger charge is 2.29. The Hall–Kier alpha value is -1.55. The van der Waals surface area contributed by atoms with Crippen molar-refractivity contribution in [2.24, 2.45) is 10.4 Å². The summed E-state index contributed by atoms with van der Waals surface area (Å²) in [4.78, 5) is 4.85. The first-order chi connectivity index (χ1) is 12.6. The maximum Gasteiger partial charge on any atom is 0.161 e. The van der Waals surface area contributed by atoms with E-state index >= 15 is 0 Å². The Labute approximate surface area is 159 Å². The van der Waals surface area contributed by atoms with Crippen LogP contribution in [0.15, 0.2) is 17.1 Å². The minimum Gasteiger partial charge on any atom is -0.493 e. The Morgan fingerprint density at radius 3 is 2.38 bits per heavy atom. The molecule has 0 saturated heterocycles. The Kier molecular flexibility index (Phi) is 7.95. The number of methoxy groups -OCH3 is 2. The van der Waals surface area contributed by atoms with Gasteiger partial charge in [-0.3, -0.25) is 4.99 Å². The summed E-state index contributed by atoms with van der Waals surface area (Å²) in [6.45, 7) is 8.26. The van der Waals surface area contributed by atoms with E-state index in [0.29, 0.717) is 24.7 Å². The fourth-order valence-corrected chi connectivity index (χ4v) is 3.87. The summed E-state index contributed by atoms with van der Waals surface area (Å²) >= 11 is 0. The van der Waals surface area contributed by atoms with E-state index in [2.05, 4.69) is 26.8 Å². The fourth-order valence-electron chi connectivity index (χ4n) is 3.87. The van der Waals surface area contributed by atoms with Gasteiger partial charge in [0.05, 0.1) is 19.8 Å². The molecule has 0 bridgehead atoms. The Morgan fingerprint density at radius 2 is 1.77 bits per heavy atom. The molecule has 0 amide bonds. The van der Waals surface area contributed by atoms with Crippen LogP contribution in [0, 0.1) is 5.41 Å². The van der Waals surface area contributed by atoms with Crippen LogP contribution in [0.3, 0.4) is 0 Å². The number of fused-ring (bicyclic) bond motifs is 1. The van der Waals surface area contributed by atoms with E-state index in [0.717, 1.165) is 36.3 Å². The highest BCUT2D eigenvalue weighted by Crippen LogP contribution is 2.39. The molecule has 0 N–H and O–H groups in total. The first kappa shape index (κ1) is 20.8. The molecule has 1 aliphatic heterocycles. The number of hydrogen-bond donors (Lipinski definition) is 0. The summed E-state index contributed by atoms with van der Waals surface area (Å²) < 4.78 is 16.5. The van der Waals surface area contributed by atoms with Gasteiger partial charge in [-0.05, 0) is 41.5 Å². The normalized spacial score (nSPS) is 16.4. The molecular weight excluding hydrogens is 326 g/mol. The van der Waals surface area contributed by atoms with Crippen molar-refractivity contribution in [2.45, 2.75) is 65.3 Å². The molecule has 1 aromatic rings. The van der Waals surface area contributed by atoms with Gasteiger partial charge in [0.25, 0.3) is 0 Å². The van der Waals surface area contributed by atoms with Crippen LogP contribution in [-0.4, -0.2) is 39.7 Å². The average Bonchev–Trinajstić information content (AvgIpc) is 2.68. The smallest absolute Gasteiger partial charge is 0.161 e. The Morgan fingerprint density at radius 1 is 1.04 bits per heavy atom. The number of rotatable bonds is 11. The first-order valence-corrected chi connectivity index (χ1v) is 9.97. The zero-order chi connectivity index (χ0) is 19.0. The molecule has 0 fully saturated rings. The predicted octanol–water partition coefficient (Wildman–Crippen LogP) is 5.06. The molecule has 1 atom stereocenters. The van der Waals surface area contributed by atoms with Gasteiger partial charge in [0.15, 0.2) is 11.5 Å². The third-order valence-electron chi connectivity index (χ3n) is 5.97. The second-order valence-corrected chi connectivity index (χ2v) is 7.30. The first-order valence-electron chi connectivity index (χ1n) is 9.97. The molecule has 146 valence electrons. The molecule has 0 aliphatic carbocycles. The Bertz CT molecular complexity index is 585. The predicted molar refractivity (Wildman–Crippen MR) is 108 cm³/mol. The van der Waals surface area contributed by atoms with Crippen LogP contribution in [0.25, 0.3) is 0 Å². The summed E-state index contributed by atoms with van der Waals surface area (Å²) in [6, 6.07) is 4.55. The molecule has 0 radical (unpaired) electrons. The zero-order valence-corrected chi connectivity index (χ0v) is 17.1. The minimum atomic E-state index is 0.358. The minimum absolute atomic E-state index is 0.358. The van der Waals surface area contributed by atoms with Crippen molar-refractivity contribution in [3.8, 4) is 11.5 Å². The van der Waals surface area contributed by atoms with Gasteiger partial charge < -0.3 is 14.2 Å². The lowest BCUT2D eigenvalue weighted by Gasteiger charge is -2.34. The topological polar surface area (TPSA) is 40.0 Å². The highest BCUT2D eigenvalue weighted by atomic mass is 16.5. The van der Waals surface area contributed by atoms with Gasteiger partial charge in [-0.25, -0.2) is 0 Å². The van der Waals surface area contributed by atoms with Gasteiger partial charge in [0, 0.05) is 26.4 Å². The number of nitrogens with zero attached hydrogens (tertiary/aromatic N) is 1. The fraction of sp³-hybridized carbons (Fsp3) is 0.682. The summed E-state index contributed by atoms with van der Waals surface area (Å²) in [5, 5.41) is 0. The van der Waals surface area contributed by atoms with Crippen molar-refractivity contribution >= 4 is 6.21 Å². The highest BCUT2D eigenvalue weighted by molar-refractivity contribution is 5.84. The maximum atomic E-state index is 5.95. The van der Waals surface area contributed by atoms with Gasteiger partial charge in [-0.15, -0.1) is 0 Å². The molecule has 4 nitrogen and oxygen atoms in total. The van der Waals surface area contributed by atoms with E-state index < -0.39 is 0 Å². The third kappa shape index (κ3) is 5.00. The largest absolute Gasteiger partial charge is 0.493 e. The zero-order valence-electron chi connectivity index (χ0n) is 17.1. The van der Waals surface area contributed by atoms with Gasteiger partial charge in [-0.2, -0.15) is 0 Å². The van der Waals surface area contributed by atoms with Crippen molar-refractivity contribution in [1.29, 1.82) is 0 Å². The van der Waals surface area contributed by atoms with Crippen molar-refractivity contribution < 1.29 is 14.2 Å². The lowest BCUT2D eigenvalue weighted by Crippen LogP contribution is -2.27. The quantitative estimate of drug-likeness (QED) is 0.517. The van der Waals surface area contributed by atoms with Gasteiger partial charge in [0.2, 0.25) is 0 Å². The van der Waals surface area contributed by atoms with Crippen LogP contribution in [0.1, 0.15) is 64.0 Å². The number of ether oxygens (including phenoxy) is 3. The van der Waals surface area contributed by atoms with E-state index in [4.69, 9.17) is 19.2 Å². The molecular formula is C22H35NO3. The van der Waals surface area contributed by atoms with Crippen LogP contribution in [0.5, 0.6) is 11.5 Å². The van der Waals surface area contributed by atoms with E-state index in [1.165, 1.54) is 24.8 Å². The monoisotopic (exact) mass is 361 g/mol. The van der Waals surface area contributed by atoms with Crippen molar-refractivity contribution in [3.05, 3.63) is 23.3 Å². The van der Waals surface area contributed by atoms with Crippen molar-refractivity contribution in [3.63, 3.8) is 0 Å². The van der Waals surface area contributed by atoms with Crippen LogP contribution < -0.4 is 9.47 Å². The molecule has 0 saturated carbocycles. The number of hydrogen-bond acceptors (Lipinski definition) is 4. The number of aliphatic imine (C=N–C) groups is 1. The molecule has 0 spiro atoms. The number of benzene rings is 1. The van der Waals surface area contributed by atoms with Gasteiger partial charge in [-0.1, -0.05) is 40.0 Å². The summed E-state index contributed by atoms with van der Waals surface area (Å²) in [7, 11) is 3.40. The van der Waals surface area contributed by atoms with E-state index in [1.807, 2.05) is 12.3 Å². The second-order valence-electron chi connectivity index (χ2n) is 7.30. The molecule has 4 heteroatoms. The maximum absolute atomic E-state index is 5.95. The van der Waals surface area contributed by atoms with E-state index in [-0.39, 0.29) is 0 Å². The van der Waals surface area contributed by atoms with Crippen LogP contribution in [0.2, 0.25) is 0 Å². The molecule has 1 aromatic carbocycles. The van der Waals surface area contributed by atoms with Crippen LogP contribution in [-0.2, 0) is 11.2 Å². The third-order valence-corrected chi connectivity index (χ3v) is 5.97. The van der Waals surface area contributed by atoms with E-state index in [1.54, 1.807) is 14.2 Å². The molecule has 2 rings (SSSR count). The lowest BCUT2D eigenvalue weighted by atomic mass is 9.73. The van der Waals surface area contributed by atoms with Crippen molar-refractivity contribution in [1.82, 2.24) is 0 Å². The molecule has 1 aliphatic rings. The van der Waals surface area contributed by atoms with Crippen molar-refractivity contribution in [2.75, 3.05) is 27.4 Å². The SMILES string of the molecule is CCC(CC)(CC)CC1Cc2cc(OCCCOC)c(OC)cc2C=N1. The van der Waals surface area contributed by atoms with Crippen LogP contribution >= 0.6 is 0 Å². The standard InChI is InChI=1S/C22H35NO3/c1-6-22(7-2,8-3)15-19-12-17-13-21(26-11-9-10-24-4)20(25-5)14-18(17)16-23-19/h13-14,16,19H,6-12,15H2,1-5H3. The molecule has 26 heavy (non-hydrogen) atoms. The van der Waals surface area contributed by atoms with E-state index in [9.17, 15) is 0 Å². The lowest BCUT2D eigenvalue weighted by molar-refractivity contribution is 0.170.